The molecular weight excluding hydrogens is 394 g/mol. The van der Waals surface area contributed by atoms with Gasteiger partial charge in [0.05, 0.1) is 16.4 Å². The van der Waals surface area contributed by atoms with Crippen molar-refractivity contribution in [2.75, 3.05) is 31.7 Å². The Morgan fingerprint density at radius 2 is 2.00 bits per heavy atom. The Labute approximate surface area is 177 Å². The Balaban J connectivity index is 1.76. The van der Waals surface area contributed by atoms with Gasteiger partial charge in [-0.05, 0) is 46.1 Å². The molecule has 0 saturated carbocycles. The van der Waals surface area contributed by atoms with Crippen molar-refractivity contribution in [2.24, 2.45) is 5.92 Å². The molecule has 0 aliphatic carbocycles. The van der Waals surface area contributed by atoms with Crippen LogP contribution in [0.2, 0.25) is 5.02 Å². The van der Waals surface area contributed by atoms with E-state index in [9.17, 15) is 9.59 Å². The van der Waals surface area contributed by atoms with Gasteiger partial charge in [-0.25, -0.2) is 4.79 Å². The predicted octanol–water partition coefficient (Wildman–Crippen LogP) is 3.68. The van der Waals surface area contributed by atoms with Crippen molar-refractivity contribution in [1.29, 1.82) is 0 Å². The fourth-order valence-electron chi connectivity index (χ4n) is 3.95. The maximum absolute atomic E-state index is 13.3. The number of halogens is 1. The summed E-state index contributed by atoms with van der Waals surface area (Å²) in [7, 11) is 1.64. The van der Waals surface area contributed by atoms with Crippen LogP contribution in [0.3, 0.4) is 0 Å². The highest BCUT2D eigenvalue weighted by molar-refractivity contribution is 6.30. The molecule has 2 aliphatic heterocycles. The van der Waals surface area contributed by atoms with Gasteiger partial charge in [0.25, 0.3) is 0 Å². The number of carbonyl (C=O) groups excluding carboxylic acids is 2. The van der Waals surface area contributed by atoms with Gasteiger partial charge in [0.15, 0.2) is 0 Å². The van der Waals surface area contributed by atoms with Crippen LogP contribution in [0.1, 0.15) is 45.7 Å². The smallest absolute Gasteiger partial charge is 0.410 e. The van der Waals surface area contributed by atoms with E-state index >= 15 is 0 Å². The monoisotopic (exact) mass is 423 g/mol. The van der Waals surface area contributed by atoms with E-state index in [1.54, 1.807) is 18.2 Å². The van der Waals surface area contributed by atoms with E-state index in [4.69, 9.17) is 21.1 Å². The van der Waals surface area contributed by atoms with Crippen LogP contribution in [0.4, 0.5) is 10.5 Å². The number of hydrogen-bond acceptors (Lipinski definition) is 5. The Kier molecular flexibility index (Phi) is 6.69. The van der Waals surface area contributed by atoms with Crippen LogP contribution in [0.25, 0.3) is 0 Å². The molecule has 8 heteroatoms. The van der Waals surface area contributed by atoms with E-state index in [-0.39, 0.29) is 24.0 Å². The quantitative estimate of drug-likeness (QED) is 0.738. The third-order valence-corrected chi connectivity index (χ3v) is 5.56. The van der Waals surface area contributed by atoms with Gasteiger partial charge in [-0.3, -0.25) is 9.78 Å². The van der Waals surface area contributed by atoms with E-state index in [1.807, 2.05) is 31.7 Å². The van der Waals surface area contributed by atoms with Crippen molar-refractivity contribution in [2.45, 2.75) is 58.1 Å². The maximum atomic E-state index is 13.3. The Morgan fingerprint density at radius 3 is 2.62 bits per heavy atom. The summed E-state index contributed by atoms with van der Waals surface area (Å²) in [4.78, 5) is 33.7. The minimum absolute atomic E-state index is 0.00514. The average Bonchev–Trinajstić information content (AvgIpc) is 2.65. The summed E-state index contributed by atoms with van der Waals surface area (Å²) in [5, 5.41) is 0.517. The van der Waals surface area contributed by atoms with E-state index in [2.05, 4.69) is 4.98 Å². The molecule has 0 spiro atoms. The van der Waals surface area contributed by atoms with Crippen molar-refractivity contribution in [3.8, 4) is 0 Å². The Morgan fingerprint density at radius 1 is 1.31 bits per heavy atom. The first kappa shape index (κ1) is 21.8. The number of aromatic nitrogens is 1. The van der Waals surface area contributed by atoms with Crippen molar-refractivity contribution < 1.29 is 19.1 Å². The average molecular weight is 424 g/mol. The first-order chi connectivity index (χ1) is 13.7. The van der Waals surface area contributed by atoms with Gasteiger partial charge in [-0.15, -0.1) is 0 Å². The third-order valence-electron chi connectivity index (χ3n) is 5.35. The fourth-order valence-corrected chi connectivity index (χ4v) is 4.11. The molecule has 7 nitrogen and oxygen atoms in total. The molecule has 3 rings (SSSR count). The molecule has 29 heavy (non-hydrogen) atoms. The number of anilines is 1. The molecule has 1 fully saturated rings. The number of hydrogen-bond donors (Lipinski definition) is 0. The number of amides is 2. The molecule has 0 aromatic carbocycles. The number of likely N-dealkylation sites (tertiary alicyclic amines) is 1. The number of ether oxygens (including phenoxy) is 2. The second kappa shape index (κ2) is 8.88. The lowest BCUT2D eigenvalue weighted by Crippen LogP contribution is -2.53. The van der Waals surface area contributed by atoms with Gasteiger partial charge in [-0.2, -0.15) is 0 Å². The molecule has 0 radical (unpaired) electrons. The lowest BCUT2D eigenvalue weighted by molar-refractivity contribution is -0.124. The molecule has 1 aromatic rings. The molecule has 1 saturated heterocycles. The molecule has 0 N–H and O–H groups in total. The minimum atomic E-state index is -0.521. The number of fused-ring (bicyclic) bond motifs is 1. The highest BCUT2D eigenvalue weighted by Crippen LogP contribution is 2.36. The number of piperidine rings is 1. The summed E-state index contributed by atoms with van der Waals surface area (Å²) in [6.07, 6.45) is 3.97. The predicted molar refractivity (Wildman–Crippen MR) is 111 cm³/mol. The van der Waals surface area contributed by atoms with Crippen LogP contribution >= 0.6 is 11.6 Å². The molecule has 2 aliphatic rings. The molecular formula is C21H30ClN3O4. The van der Waals surface area contributed by atoms with Gasteiger partial charge in [0.1, 0.15) is 5.60 Å². The summed E-state index contributed by atoms with van der Waals surface area (Å²) in [6.45, 7) is 7.21. The lowest BCUT2D eigenvalue weighted by atomic mass is 9.89. The molecule has 1 aromatic heterocycles. The Bertz CT molecular complexity index is 757. The van der Waals surface area contributed by atoms with Gasteiger partial charge in [-0.1, -0.05) is 11.6 Å². The zero-order valence-corrected chi connectivity index (χ0v) is 18.4. The third kappa shape index (κ3) is 5.20. The van der Waals surface area contributed by atoms with Crippen molar-refractivity contribution in [3.05, 3.63) is 23.0 Å². The lowest BCUT2D eigenvalue weighted by Gasteiger charge is -2.42. The van der Waals surface area contributed by atoms with Crippen LogP contribution < -0.4 is 4.90 Å². The molecule has 0 bridgehead atoms. The van der Waals surface area contributed by atoms with E-state index < -0.39 is 5.60 Å². The number of methoxy groups -OCH3 is 1. The number of rotatable bonds is 4. The summed E-state index contributed by atoms with van der Waals surface area (Å²) in [6, 6.07) is 1.83. The first-order valence-electron chi connectivity index (χ1n) is 10.1. The molecule has 3 heterocycles. The van der Waals surface area contributed by atoms with Crippen LogP contribution in [0, 0.1) is 5.92 Å². The summed E-state index contributed by atoms with van der Waals surface area (Å²) >= 11 is 6.18. The number of pyridine rings is 1. The highest BCUT2D eigenvalue weighted by Gasteiger charge is 2.39. The second-order valence-electron chi connectivity index (χ2n) is 8.71. The van der Waals surface area contributed by atoms with E-state index in [1.165, 1.54) is 0 Å². The molecule has 2 amide bonds. The molecule has 1 atom stereocenters. The summed E-state index contributed by atoms with van der Waals surface area (Å²) in [5.41, 5.74) is 1.17. The van der Waals surface area contributed by atoms with Gasteiger partial charge < -0.3 is 19.3 Å². The van der Waals surface area contributed by atoms with Crippen molar-refractivity contribution in [1.82, 2.24) is 9.88 Å². The molecule has 1 unspecified atom stereocenters. The number of carbonyl (C=O) groups is 2. The van der Waals surface area contributed by atoms with E-state index in [0.29, 0.717) is 50.4 Å². The molecule has 160 valence electrons. The van der Waals surface area contributed by atoms with Crippen molar-refractivity contribution >= 4 is 29.3 Å². The summed E-state index contributed by atoms with van der Waals surface area (Å²) in [5.74, 6) is -0.0608. The SMILES string of the molecule is COCCC1Cc2ncc(Cl)cc2N(C2CCN(C(=O)OC(C)(C)C)CC2)C1=O. The zero-order valence-electron chi connectivity index (χ0n) is 17.6. The fraction of sp³-hybridized carbons (Fsp3) is 0.667. The zero-order chi connectivity index (χ0) is 21.2. The van der Waals surface area contributed by atoms with Gasteiger partial charge in [0.2, 0.25) is 5.91 Å². The van der Waals surface area contributed by atoms with Crippen LogP contribution in [-0.4, -0.2) is 60.3 Å². The van der Waals surface area contributed by atoms with Gasteiger partial charge >= 0.3 is 6.09 Å². The number of nitrogens with zero attached hydrogens (tertiary/aromatic N) is 3. The first-order valence-corrected chi connectivity index (χ1v) is 10.5. The van der Waals surface area contributed by atoms with Crippen LogP contribution in [0.5, 0.6) is 0 Å². The standard InChI is InChI=1S/C21H30ClN3O4/c1-21(2,3)29-20(27)24-8-5-16(6-9-24)25-18-12-15(22)13-23-17(18)11-14(19(25)26)7-10-28-4/h12-14,16H,5-11H2,1-4H3. The van der Waals surface area contributed by atoms with Crippen LogP contribution in [-0.2, 0) is 20.7 Å². The van der Waals surface area contributed by atoms with E-state index in [0.717, 1.165) is 11.4 Å². The van der Waals surface area contributed by atoms with Crippen LogP contribution in [0.15, 0.2) is 12.3 Å². The summed E-state index contributed by atoms with van der Waals surface area (Å²) < 4.78 is 10.7. The van der Waals surface area contributed by atoms with Gasteiger partial charge in [0, 0.05) is 51.4 Å². The topological polar surface area (TPSA) is 72.0 Å². The highest BCUT2D eigenvalue weighted by atomic mass is 35.5. The maximum Gasteiger partial charge on any atom is 0.410 e. The minimum Gasteiger partial charge on any atom is -0.444 e. The Hall–Kier alpha value is -1.86. The normalized spacial score (nSPS) is 20.6. The second-order valence-corrected chi connectivity index (χ2v) is 9.15. The largest absolute Gasteiger partial charge is 0.444 e. The van der Waals surface area contributed by atoms with Crippen molar-refractivity contribution in [3.63, 3.8) is 0 Å².